The van der Waals surface area contributed by atoms with Crippen LogP contribution in [0.15, 0.2) is 18.5 Å². The molecule has 1 aromatic rings. The van der Waals surface area contributed by atoms with Crippen LogP contribution in [0.1, 0.15) is 50.0 Å². The second kappa shape index (κ2) is 6.03. The lowest BCUT2D eigenvalue weighted by atomic mass is 9.91. The number of pyridine rings is 1. The Kier molecular flexibility index (Phi) is 3.76. The van der Waals surface area contributed by atoms with Crippen molar-refractivity contribution in [2.24, 2.45) is 11.8 Å². The number of hydrogen-bond donors (Lipinski definition) is 0. The molecule has 3 saturated heterocycles. The van der Waals surface area contributed by atoms with Crippen molar-refractivity contribution in [1.82, 2.24) is 14.8 Å². The number of aromatic nitrogens is 1. The van der Waals surface area contributed by atoms with Crippen molar-refractivity contribution in [3.63, 3.8) is 0 Å². The third-order valence-corrected chi connectivity index (χ3v) is 6.88. The normalized spacial score (nSPS) is 33.8. The fourth-order valence-corrected chi connectivity index (χ4v) is 5.23. The van der Waals surface area contributed by atoms with E-state index in [9.17, 15) is 14.0 Å². The minimum atomic E-state index is -0.303. The van der Waals surface area contributed by atoms with Crippen LogP contribution < -0.4 is 0 Å². The first-order chi connectivity index (χ1) is 12.6. The van der Waals surface area contributed by atoms with Crippen molar-refractivity contribution in [3.8, 4) is 0 Å². The number of fused-ring (bicyclic) bond motifs is 2. The van der Waals surface area contributed by atoms with Gasteiger partial charge in [-0.15, -0.1) is 0 Å². The monoisotopic (exact) mass is 357 g/mol. The molecule has 5 rings (SSSR count). The molecule has 6 heteroatoms. The summed E-state index contributed by atoms with van der Waals surface area (Å²) < 4.78 is 13.9. The highest BCUT2D eigenvalue weighted by Gasteiger charge is 2.49. The first-order valence-electron chi connectivity index (χ1n) is 9.81. The van der Waals surface area contributed by atoms with E-state index in [4.69, 9.17) is 0 Å². The molecule has 26 heavy (non-hydrogen) atoms. The van der Waals surface area contributed by atoms with Crippen molar-refractivity contribution in [1.29, 1.82) is 0 Å². The van der Waals surface area contributed by atoms with Gasteiger partial charge in [-0.25, -0.2) is 4.39 Å². The molecule has 1 saturated carbocycles. The van der Waals surface area contributed by atoms with Gasteiger partial charge in [0.25, 0.3) is 0 Å². The molecule has 1 aliphatic carbocycles. The van der Waals surface area contributed by atoms with Crippen LogP contribution in [0.4, 0.5) is 4.39 Å². The maximum Gasteiger partial charge on any atom is 0.245 e. The third-order valence-electron chi connectivity index (χ3n) is 6.88. The van der Waals surface area contributed by atoms with Gasteiger partial charge in [0.05, 0.1) is 0 Å². The highest BCUT2D eigenvalue weighted by Crippen LogP contribution is 2.49. The number of amides is 2. The first-order valence-corrected chi connectivity index (χ1v) is 9.81. The lowest BCUT2D eigenvalue weighted by Gasteiger charge is -2.42. The summed E-state index contributed by atoms with van der Waals surface area (Å²) in [5, 5.41) is 0. The zero-order valence-corrected chi connectivity index (χ0v) is 14.8. The van der Waals surface area contributed by atoms with Gasteiger partial charge in [0, 0.05) is 49.4 Å². The molecule has 0 unspecified atom stereocenters. The number of halogens is 1. The summed E-state index contributed by atoms with van der Waals surface area (Å²) in [5.41, 5.74) is 0.586. The summed E-state index contributed by atoms with van der Waals surface area (Å²) in [6, 6.07) is 1.31. The van der Waals surface area contributed by atoms with Gasteiger partial charge >= 0.3 is 0 Å². The van der Waals surface area contributed by atoms with Gasteiger partial charge < -0.3 is 9.80 Å². The molecule has 138 valence electrons. The fourth-order valence-electron chi connectivity index (χ4n) is 5.23. The first kappa shape index (κ1) is 16.2. The summed E-state index contributed by atoms with van der Waals surface area (Å²) in [7, 11) is 0. The summed E-state index contributed by atoms with van der Waals surface area (Å²) in [4.78, 5) is 33.4. The zero-order chi connectivity index (χ0) is 17.8. The summed E-state index contributed by atoms with van der Waals surface area (Å²) in [6.07, 6.45) is 8.63. The number of nitrogens with zero attached hydrogens (tertiary/aromatic N) is 3. The van der Waals surface area contributed by atoms with Gasteiger partial charge in [-0.05, 0) is 50.0 Å². The van der Waals surface area contributed by atoms with Crippen LogP contribution in [0.2, 0.25) is 0 Å². The van der Waals surface area contributed by atoms with Crippen LogP contribution in [-0.2, 0) is 9.59 Å². The van der Waals surface area contributed by atoms with Crippen LogP contribution in [0, 0.1) is 17.7 Å². The van der Waals surface area contributed by atoms with Gasteiger partial charge in [0.1, 0.15) is 11.9 Å². The molecule has 0 aromatic carbocycles. The fraction of sp³-hybridized carbons (Fsp3) is 0.650. The van der Waals surface area contributed by atoms with Gasteiger partial charge in [0.15, 0.2) is 0 Å². The lowest BCUT2D eigenvalue weighted by molar-refractivity contribution is -0.148. The maximum atomic E-state index is 13.9. The molecule has 5 nitrogen and oxygen atoms in total. The Morgan fingerprint density at radius 2 is 2.00 bits per heavy atom. The van der Waals surface area contributed by atoms with E-state index in [0.29, 0.717) is 25.1 Å². The van der Waals surface area contributed by atoms with Crippen molar-refractivity contribution < 1.29 is 14.0 Å². The van der Waals surface area contributed by atoms with E-state index in [0.717, 1.165) is 37.5 Å². The predicted molar refractivity (Wildman–Crippen MR) is 92.6 cm³/mol. The van der Waals surface area contributed by atoms with Crippen LogP contribution in [0.5, 0.6) is 0 Å². The minimum Gasteiger partial charge on any atom is -0.340 e. The van der Waals surface area contributed by atoms with E-state index in [2.05, 4.69) is 4.98 Å². The van der Waals surface area contributed by atoms with Crippen LogP contribution in [-0.4, -0.2) is 51.8 Å². The molecular formula is C20H24FN3O2. The molecule has 4 heterocycles. The molecule has 4 aliphatic rings. The second-order valence-corrected chi connectivity index (χ2v) is 8.42. The number of carbonyl (C=O) groups excluding carboxylic acids is 2. The summed E-state index contributed by atoms with van der Waals surface area (Å²) >= 11 is 0. The van der Waals surface area contributed by atoms with E-state index < -0.39 is 0 Å². The van der Waals surface area contributed by atoms with Crippen LogP contribution in [0.3, 0.4) is 0 Å². The molecule has 1 aromatic heterocycles. The largest absolute Gasteiger partial charge is 0.340 e. The Labute approximate surface area is 152 Å². The topological polar surface area (TPSA) is 53.5 Å². The number of likely N-dealkylation sites (tertiary alicyclic amines) is 1. The van der Waals surface area contributed by atoms with Gasteiger partial charge in [-0.3, -0.25) is 14.6 Å². The van der Waals surface area contributed by atoms with Crippen molar-refractivity contribution in [3.05, 3.63) is 29.8 Å². The third kappa shape index (κ3) is 2.61. The van der Waals surface area contributed by atoms with Gasteiger partial charge in [-0.1, -0.05) is 0 Å². The highest BCUT2D eigenvalue weighted by molar-refractivity contribution is 5.89. The molecule has 0 radical (unpaired) electrons. The number of hydrogen-bond acceptors (Lipinski definition) is 3. The molecule has 3 aliphatic heterocycles. The van der Waals surface area contributed by atoms with Crippen LogP contribution >= 0.6 is 0 Å². The molecule has 4 atom stereocenters. The Hall–Kier alpha value is -1.98. The molecular weight excluding hydrogens is 333 g/mol. The lowest BCUT2D eigenvalue weighted by Crippen LogP contribution is -2.56. The standard InChI is InChI=1S/C20H24FN3O2/c21-17-5-6-22-9-16(17)14-10-23(11-14)20(26)18-3-2-15-8-13-7-12(13)1-4-19(25)24(15)18/h5-6,9,12-15,18H,1-4,7-8,10-11H2/t12-,13+,15+,18-/m0/s1. The molecule has 0 N–H and O–H groups in total. The van der Waals surface area contributed by atoms with E-state index in [1.54, 1.807) is 11.1 Å². The molecule has 2 amide bonds. The molecule has 0 spiro atoms. The van der Waals surface area contributed by atoms with Gasteiger partial charge in [0.2, 0.25) is 11.8 Å². The smallest absolute Gasteiger partial charge is 0.245 e. The summed E-state index contributed by atoms with van der Waals surface area (Å²) in [6.45, 7) is 1.05. The van der Waals surface area contributed by atoms with Gasteiger partial charge in [-0.2, -0.15) is 0 Å². The summed E-state index contributed by atoms with van der Waals surface area (Å²) in [5.74, 6) is 1.49. The second-order valence-electron chi connectivity index (χ2n) is 8.42. The van der Waals surface area contributed by atoms with Crippen molar-refractivity contribution >= 4 is 11.8 Å². The zero-order valence-electron chi connectivity index (χ0n) is 14.8. The average molecular weight is 357 g/mol. The quantitative estimate of drug-likeness (QED) is 0.816. The van der Waals surface area contributed by atoms with Crippen LogP contribution in [0.25, 0.3) is 0 Å². The Morgan fingerprint density at radius 1 is 1.15 bits per heavy atom. The minimum absolute atomic E-state index is 0.0140. The van der Waals surface area contributed by atoms with Crippen molar-refractivity contribution in [2.45, 2.75) is 56.5 Å². The number of carbonyl (C=O) groups is 2. The van der Waals surface area contributed by atoms with E-state index in [1.807, 2.05) is 4.90 Å². The Morgan fingerprint density at radius 3 is 2.81 bits per heavy atom. The predicted octanol–water partition coefficient (Wildman–Crippen LogP) is 2.33. The highest BCUT2D eigenvalue weighted by atomic mass is 19.1. The Bertz CT molecular complexity index is 748. The van der Waals surface area contributed by atoms with Crippen molar-refractivity contribution in [2.75, 3.05) is 13.1 Å². The average Bonchev–Trinajstić information content (AvgIpc) is 3.17. The van der Waals surface area contributed by atoms with E-state index in [-0.39, 0.29) is 35.6 Å². The maximum absolute atomic E-state index is 13.9. The molecule has 0 bridgehead atoms. The SMILES string of the molecule is O=C([C@@H]1CC[C@@H]2C[C@H]3C[C@@H]3CCC(=O)N21)N1CC(c2cnccc2F)C1. The molecule has 4 fully saturated rings. The Balaban J connectivity index is 1.26. The van der Waals surface area contributed by atoms with E-state index in [1.165, 1.54) is 18.7 Å². The van der Waals surface area contributed by atoms with E-state index >= 15 is 0 Å². The number of rotatable bonds is 2.